The largest absolute Gasteiger partial charge is 0.347 e. The van der Waals surface area contributed by atoms with Crippen molar-refractivity contribution in [1.29, 1.82) is 0 Å². The Bertz CT molecular complexity index is 571. The Morgan fingerprint density at radius 1 is 1.52 bits per heavy atom. The van der Waals surface area contributed by atoms with Crippen molar-refractivity contribution in [2.24, 2.45) is 5.92 Å². The molecule has 0 spiro atoms. The second kappa shape index (κ2) is 6.49. The fourth-order valence-electron chi connectivity index (χ4n) is 2.49. The molecular formula is C13H19N7O. The SMILES string of the molecule is O=C(NCc1ncc[nH]1)c1cn(CC2CCCNC2)nn1. The van der Waals surface area contributed by atoms with Crippen molar-refractivity contribution < 1.29 is 4.79 Å². The molecule has 3 heterocycles. The average Bonchev–Trinajstić information content (AvgIpc) is 3.17. The predicted octanol–water partition coefficient (Wildman–Crippen LogP) is -0.0692. The maximum Gasteiger partial charge on any atom is 0.273 e. The molecule has 21 heavy (non-hydrogen) atoms. The molecule has 3 N–H and O–H groups in total. The molecule has 1 atom stereocenters. The number of hydrogen-bond acceptors (Lipinski definition) is 5. The molecule has 0 saturated carbocycles. The van der Waals surface area contributed by atoms with E-state index in [9.17, 15) is 4.79 Å². The fraction of sp³-hybridized carbons (Fsp3) is 0.538. The van der Waals surface area contributed by atoms with E-state index in [0.29, 0.717) is 24.0 Å². The van der Waals surface area contributed by atoms with Gasteiger partial charge in [0.2, 0.25) is 0 Å². The monoisotopic (exact) mass is 289 g/mol. The van der Waals surface area contributed by atoms with Gasteiger partial charge in [0.25, 0.3) is 5.91 Å². The predicted molar refractivity (Wildman–Crippen MR) is 75.4 cm³/mol. The molecule has 2 aromatic heterocycles. The third kappa shape index (κ3) is 3.66. The van der Waals surface area contributed by atoms with Crippen molar-refractivity contribution in [2.45, 2.75) is 25.9 Å². The number of imidazole rings is 1. The number of carbonyl (C=O) groups is 1. The van der Waals surface area contributed by atoms with E-state index in [-0.39, 0.29) is 5.91 Å². The van der Waals surface area contributed by atoms with E-state index in [0.717, 1.165) is 19.6 Å². The van der Waals surface area contributed by atoms with Crippen LogP contribution in [0.5, 0.6) is 0 Å². The highest BCUT2D eigenvalue weighted by atomic mass is 16.2. The van der Waals surface area contributed by atoms with Gasteiger partial charge >= 0.3 is 0 Å². The van der Waals surface area contributed by atoms with Gasteiger partial charge in [-0.3, -0.25) is 9.48 Å². The number of rotatable bonds is 5. The van der Waals surface area contributed by atoms with Gasteiger partial charge in [0.05, 0.1) is 12.7 Å². The number of nitrogens with one attached hydrogen (secondary N) is 3. The molecule has 112 valence electrons. The number of H-pyrrole nitrogens is 1. The maximum atomic E-state index is 12.0. The second-order valence-corrected chi connectivity index (χ2v) is 5.26. The highest BCUT2D eigenvalue weighted by Gasteiger charge is 2.16. The van der Waals surface area contributed by atoms with Crippen LogP contribution in [-0.2, 0) is 13.1 Å². The van der Waals surface area contributed by atoms with Crippen LogP contribution in [0.3, 0.4) is 0 Å². The molecule has 1 fully saturated rings. The minimum Gasteiger partial charge on any atom is -0.347 e. The van der Waals surface area contributed by atoms with Gasteiger partial charge in [0.1, 0.15) is 5.82 Å². The number of carbonyl (C=O) groups excluding carboxylic acids is 1. The lowest BCUT2D eigenvalue weighted by atomic mass is 10.00. The van der Waals surface area contributed by atoms with Crippen LogP contribution in [-0.4, -0.2) is 44.0 Å². The normalized spacial score (nSPS) is 18.6. The molecule has 0 aromatic carbocycles. The summed E-state index contributed by atoms with van der Waals surface area (Å²) in [4.78, 5) is 18.9. The van der Waals surface area contributed by atoms with Crippen molar-refractivity contribution in [1.82, 2.24) is 35.6 Å². The molecular weight excluding hydrogens is 270 g/mol. The fourth-order valence-corrected chi connectivity index (χ4v) is 2.49. The van der Waals surface area contributed by atoms with Crippen molar-refractivity contribution in [3.05, 3.63) is 30.1 Å². The van der Waals surface area contributed by atoms with Crippen molar-refractivity contribution in [3.8, 4) is 0 Å². The maximum absolute atomic E-state index is 12.0. The smallest absolute Gasteiger partial charge is 0.273 e. The van der Waals surface area contributed by atoms with Crippen LogP contribution in [0.25, 0.3) is 0 Å². The van der Waals surface area contributed by atoms with E-state index in [2.05, 4.69) is 30.9 Å². The van der Waals surface area contributed by atoms with E-state index in [1.807, 2.05) is 0 Å². The van der Waals surface area contributed by atoms with Gasteiger partial charge in [-0.25, -0.2) is 4.98 Å². The summed E-state index contributed by atoms with van der Waals surface area (Å²) >= 11 is 0. The van der Waals surface area contributed by atoms with Crippen LogP contribution in [0.4, 0.5) is 0 Å². The quantitative estimate of drug-likeness (QED) is 0.715. The third-order valence-electron chi connectivity index (χ3n) is 3.59. The highest BCUT2D eigenvalue weighted by Crippen LogP contribution is 2.11. The van der Waals surface area contributed by atoms with Crippen LogP contribution in [0.15, 0.2) is 18.6 Å². The number of aromatic amines is 1. The van der Waals surface area contributed by atoms with Gasteiger partial charge in [-0.15, -0.1) is 5.10 Å². The molecule has 1 unspecified atom stereocenters. The molecule has 1 saturated heterocycles. The third-order valence-corrected chi connectivity index (χ3v) is 3.59. The molecule has 2 aromatic rings. The number of nitrogens with zero attached hydrogens (tertiary/aromatic N) is 4. The second-order valence-electron chi connectivity index (χ2n) is 5.26. The summed E-state index contributed by atoms with van der Waals surface area (Å²) in [6, 6.07) is 0. The van der Waals surface area contributed by atoms with Crippen molar-refractivity contribution >= 4 is 5.91 Å². The summed E-state index contributed by atoms with van der Waals surface area (Å²) in [7, 11) is 0. The minimum absolute atomic E-state index is 0.237. The molecule has 1 aliphatic rings. The number of piperidine rings is 1. The Morgan fingerprint density at radius 2 is 2.48 bits per heavy atom. The summed E-state index contributed by atoms with van der Waals surface area (Å²) in [5.41, 5.74) is 0.338. The molecule has 1 aliphatic heterocycles. The first-order valence-corrected chi connectivity index (χ1v) is 7.18. The summed E-state index contributed by atoms with van der Waals surface area (Å²) in [6.45, 7) is 3.24. The van der Waals surface area contributed by atoms with Crippen LogP contribution in [0, 0.1) is 5.92 Å². The van der Waals surface area contributed by atoms with Gasteiger partial charge in [0, 0.05) is 18.9 Å². The molecule has 8 nitrogen and oxygen atoms in total. The number of amides is 1. The zero-order chi connectivity index (χ0) is 14.5. The lowest BCUT2D eigenvalue weighted by molar-refractivity contribution is 0.0945. The Kier molecular flexibility index (Phi) is 4.25. The molecule has 3 rings (SSSR count). The van der Waals surface area contributed by atoms with E-state index in [4.69, 9.17) is 0 Å². The first kappa shape index (κ1) is 13.7. The summed E-state index contributed by atoms with van der Waals surface area (Å²) in [5.74, 6) is 1.03. The van der Waals surface area contributed by atoms with Gasteiger partial charge in [0.15, 0.2) is 5.69 Å². The average molecular weight is 289 g/mol. The van der Waals surface area contributed by atoms with Crippen molar-refractivity contribution in [3.63, 3.8) is 0 Å². The standard InChI is InChI=1S/C13H19N7O/c21-13(17-7-12-15-4-5-16-12)11-9-20(19-18-11)8-10-2-1-3-14-6-10/h4-5,9-10,14H,1-3,6-8H2,(H,15,16)(H,17,21). The van der Waals surface area contributed by atoms with E-state index >= 15 is 0 Å². The topological polar surface area (TPSA) is 101 Å². The van der Waals surface area contributed by atoms with Crippen molar-refractivity contribution in [2.75, 3.05) is 13.1 Å². The van der Waals surface area contributed by atoms with Crippen LogP contribution in [0.2, 0.25) is 0 Å². The van der Waals surface area contributed by atoms with Gasteiger partial charge < -0.3 is 15.6 Å². The molecule has 0 bridgehead atoms. The number of hydrogen-bond donors (Lipinski definition) is 3. The molecule has 1 amide bonds. The van der Waals surface area contributed by atoms with Crippen LogP contribution < -0.4 is 10.6 Å². The first-order chi connectivity index (χ1) is 10.3. The van der Waals surface area contributed by atoms with E-state index in [1.54, 1.807) is 23.3 Å². The summed E-state index contributed by atoms with van der Waals surface area (Å²) < 4.78 is 1.75. The van der Waals surface area contributed by atoms with Gasteiger partial charge in [-0.05, 0) is 31.8 Å². The summed E-state index contributed by atoms with van der Waals surface area (Å²) in [5, 5.41) is 14.1. The van der Waals surface area contributed by atoms with Gasteiger partial charge in [-0.1, -0.05) is 5.21 Å². The van der Waals surface area contributed by atoms with Crippen LogP contribution in [0.1, 0.15) is 29.2 Å². The first-order valence-electron chi connectivity index (χ1n) is 7.18. The Hall–Kier alpha value is -2.22. The lowest BCUT2D eigenvalue weighted by Crippen LogP contribution is -2.32. The summed E-state index contributed by atoms with van der Waals surface area (Å²) in [6.07, 6.45) is 7.45. The Labute approximate surface area is 122 Å². The van der Waals surface area contributed by atoms with Gasteiger partial charge in [-0.2, -0.15) is 0 Å². The zero-order valence-electron chi connectivity index (χ0n) is 11.7. The van der Waals surface area contributed by atoms with E-state index in [1.165, 1.54) is 12.8 Å². The highest BCUT2D eigenvalue weighted by molar-refractivity contribution is 5.91. The Balaban J connectivity index is 1.52. The lowest BCUT2D eigenvalue weighted by Gasteiger charge is -2.22. The Morgan fingerprint density at radius 3 is 3.24 bits per heavy atom. The minimum atomic E-state index is -0.237. The number of aromatic nitrogens is 5. The van der Waals surface area contributed by atoms with E-state index < -0.39 is 0 Å². The molecule has 8 heteroatoms. The van der Waals surface area contributed by atoms with Crippen LogP contribution >= 0.6 is 0 Å². The zero-order valence-corrected chi connectivity index (χ0v) is 11.7. The molecule has 0 aliphatic carbocycles. The molecule has 0 radical (unpaired) electrons.